The second kappa shape index (κ2) is 4.09. The molecular weight excluding hydrogens is 270 g/mol. The number of hydrogen-bond donors (Lipinski definition) is 1. The topological polar surface area (TPSA) is 66.5 Å². The number of anilines is 1. The molecule has 1 aromatic carbocycles. The maximum Gasteiger partial charge on any atom is 0.335 e. The Balaban J connectivity index is 2.08. The number of rotatable bonds is 1. The molecule has 1 saturated heterocycles. The predicted octanol–water partition coefficient (Wildman–Crippen LogP) is 1.72. The Bertz CT molecular complexity index is 641. The molecular formula is C13H10F2N2O3. The summed E-state index contributed by atoms with van der Waals surface area (Å²) < 4.78 is 27.0. The number of carbonyl (C=O) groups excluding carboxylic acids is 3. The summed E-state index contributed by atoms with van der Waals surface area (Å²) >= 11 is 0. The van der Waals surface area contributed by atoms with Crippen LogP contribution < -0.4 is 10.2 Å². The zero-order valence-corrected chi connectivity index (χ0v) is 10.3. The highest BCUT2D eigenvalue weighted by Crippen LogP contribution is 2.45. The quantitative estimate of drug-likeness (QED) is 0.796. The molecule has 5 nitrogen and oxygen atoms in total. The van der Waals surface area contributed by atoms with Crippen molar-refractivity contribution in [2.24, 2.45) is 5.41 Å². The molecule has 1 aromatic rings. The molecule has 7 heteroatoms. The summed E-state index contributed by atoms with van der Waals surface area (Å²) in [5.41, 5.74) is -1.79. The number of carbonyl (C=O) groups is 3. The monoisotopic (exact) mass is 280 g/mol. The zero-order chi connectivity index (χ0) is 14.5. The van der Waals surface area contributed by atoms with Crippen LogP contribution in [0.5, 0.6) is 0 Å². The number of halogens is 2. The highest BCUT2D eigenvalue weighted by atomic mass is 19.1. The number of barbiturate groups is 1. The first-order chi connectivity index (χ1) is 9.45. The lowest BCUT2D eigenvalue weighted by molar-refractivity contribution is -0.148. The fourth-order valence-corrected chi connectivity index (χ4v) is 2.52. The molecule has 104 valence electrons. The molecule has 1 aliphatic heterocycles. The maximum absolute atomic E-state index is 13.7. The number of hydrogen-bond acceptors (Lipinski definition) is 3. The van der Waals surface area contributed by atoms with Crippen molar-refractivity contribution in [1.29, 1.82) is 0 Å². The van der Waals surface area contributed by atoms with Gasteiger partial charge >= 0.3 is 6.03 Å². The molecule has 1 N–H and O–H groups in total. The van der Waals surface area contributed by atoms with Gasteiger partial charge in [0.2, 0.25) is 5.91 Å². The van der Waals surface area contributed by atoms with E-state index in [-0.39, 0.29) is 0 Å². The lowest BCUT2D eigenvalue weighted by Gasteiger charge is -2.44. The van der Waals surface area contributed by atoms with Crippen LogP contribution in [0.15, 0.2) is 18.2 Å². The van der Waals surface area contributed by atoms with Crippen molar-refractivity contribution in [3.63, 3.8) is 0 Å². The van der Waals surface area contributed by atoms with Gasteiger partial charge in [-0.2, -0.15) is 0 Å². The maximum atomic E-state index is 13.7. The van der Waals surface area contributed by atoms with E-state index in [2.05, 4.69) is 0 Å². The lowest BCUT2D eigenvalue weighted by Crippen LogP contribution is -2.66. The van der Waals surface area contributed by atoms with Gasteiger partial charge in [-0.3, -0.25) is 14.9 Å². The Morgan fingerprint density at radius 1 is 1.15 bits per heavy atom. The molecule has 1 heterocycles. The summed E-state index contributed by atoms with van der Waals surface area (Å²) in [5.74, 6) is -3.13. The number of amides is 4. The second-order valence-corrected chi connectivity index (χ2v) is 4.93. The van der Waals surface area contributed by atoms with Gasteiger partial charge in [0.15, 0.2) is 0 Å². The summed E-state index contributed by atoms with van der Waals surface area (Å²) in [6, 6.07) is 1.42. The van der Waals surface area contributed by atoms with Crippen LogP contribution in [0.25, 0.3) is 0 Å². The summed E-state index contributed by atoms with van der Waals surface area (Å²) in [5, 5.41) is 2.04. The van der Waals surface area contributed by atoms with Crippen LogP contribution in [0.2, 0.25) is 0 Å². The smallest absolute Gasteiger partial charge is 0.276 e. The van der Waals surface area contributed by atoms with Crippen molar-refractivity contribution >= 4 is 23.5 Å². The molecule has 0 bridgehead atoms. The molecule has 3 rings (SSSR count). The number of nitrogens with zero attached hydrogens (tertiary/aromatic N) is 1. The molecule has 1 spiro atoms. The SMILES string of the molecule is O=C1NC(=O)C2(CCC2)C(=O)N1c1cc(F)ccc1F. The first-order valence-corrected chi connectivity index (χ1v) is 6.11. The van der Waals surface area contributed by atoms with Crippen molar-refractivity contribution in [1.82, 2.24) is 5.32 Å². The molecule has 2 fully saturated rings. The van der Waals surface area contributed by atoms with E-state index in [0.717, 1.165) is 18.2 Å². The van der Waals surface area contributed by atoms with E-state index in [1.54, 1.807) is 0 Å². The summed E-state index contributed by atoms with van der Waals surface area (Å²) in [6.07, 6.45) is 1.28. The minimum atomic E-state index is -1.31. The van der Waals surface area contributed by atoms with Crippen LogP contribution in [0.3, 0.4) is 0 Å². The lowest BCUT2D eigenvalue weighted by atomic mass is 9.66. The molecule has 0 radical (unpaired) electrons. The standard InChI is InChI=1S/C13H10F2N2O3/c14-7-2-3-8(15)9(6-7)17-11(19)13(4-1-5-13)10(18)16-12(17)20/h2-3,6H,1,4-5H2,(H,16,18,20). The highest BCUT2D eigenvalue weighted by molar-refractivity contribution is 6.30. The van der Waals surface area contributed by atoms with Crippen LogP contribution in [0, 0.1) is 17.0 Å². The van der Waals surface area contributed by atoms with Gasteiger partial charge < -0.3 is 0 Å². The van der Waals surface area contributed by atoms with Crippen LogP contribution in [-0.2, 0) is 9.59 Å². The minimum absolute atomic E-state index is 0.304. The van der Waals surface area contributed by atoms with Gasteiger partial charge in [-0.1, -0.05) is 6.42 Å². The van der Waals surface area contributed by atoms with Crippen molar-refractivity contribution in [3.8, 4) is 0 Å². The van der Waals surface area contributed by atoms with Gasteiger partial charge in [-0.05, 0) is 25.0 Å². The van der Waals surface area contributed by atoms with Gasteiger partial charge in [0.25, 0.3) is 5.91 Å². The first-order valence-electron chi connectivity index (χ1n) is 6.11. The predicted molar refractivity (Wildman–Crippen MR) is 63.7 cm³/mol. The third kappa shape index (κ3) is 1.55. The number of imide groups is 2. The molecule has 0 aromatic heterocycles. The average molecular weight is 280 g/mol. The van der Waals surface area contributed by atoms with Crippen molar-refractivity contribution < 1.29 is 23.2 Å². The zero-order valence-electron chi connectivity index (χ0n) is 10.3. The third-order valence-electron chi connectivity index (χ3n) is 3.83. The fraction of sp³-hybridized carbons (Fsp3) is 0.308. The van der Waals surface area contributed by atoms with E-state index in [1.165, 1.54) is 0 Å². The Labute approximate surface area is 112 Å². The Morgan fingerprint density at radius 2 is 1.85 bits per heavy atom. The van der Waals surface area contributed by atoms with E-state index in [4.69, 9.17) is 0 Å². The van der Waals surface area contributed by atoms with Crippen LogP contribution in [0.1, 0.15) is 19.3 Å². The molecule has 20 heavy (non-hydrogen) atoms. The number of urea groups is 1. The van der Waals surface area contributed by atoms with Crippen LogP contribution >= 0.6 is 0 Å². The van der Waals surface area contributed by atoms with Gasteiger partial charge in [0.1, 0.15) is 17.0 Å². The van der Waals surface area contributed by atoms with E-state index >= 15 is 0 Å². The highest BCUT2D eigenvalue weighted by Gasteiger charge is 2.58. The van der Waals surface area contributed by atoms with E-state index in [1.807, 2.05) is 5.32 Å². The third-order valence-corrected chi connectivity index (χ3v) is 3.83. The molecule has 1 saturated carbocycles. The summed E-state index contributed by atoms with van der Waals surface area (Å²) in [6.45, 7) is 0. The van der Waals surface area contributed by atoms with Crippen molar-refractivity contribution in [3.05, 3.63) is 29.8 Å². The van der Waals surface area contributed by atoms with Gasteiger partial charge in [0, 0.05) is 6.07 Å². The van der Waals surface area contributed by atoms with Crippen LogP contribution in [-0.4, -0.2) is 17.8 Å². The van der Waals surface area contributed by atoms with E-state index < -0.39 is 40.6 Å². The van der Waals surface area contributed by atoms with Crippen molar-refractivity contribution in [2.75, 3.05) is 4.90 Å². The number of benzene rings is 1. The molecule has 0 atom stereocenters. The molecule has 4 amide bonds. The number of nitrogens with one attached hydrogen (secondary N) is 1. The summed E-state index contributed by atoms with van der Waals surface area (Å²) in [7, 11) is 0. The first kappa shape index (κ1) is 12.7. The molecule has 0 unspecified atom stereocenters. The Hall–Kier alpha value is -2.31. The Kier molecular flexibility index (Phi) is 2.60. The second-order valence-electron chi connectivity index (χ2n) is 4.93. The molecule has 1 aliphatic carbocycles. The minimum Gasteiger partial charge on any atom is -0.276 e. The molecule has 2 aliphatic rings. The fourth-order valence-electron chi connectivity index (χ4n) is 2.52. The average Bonchev–Trinajstić information content (AvgIpc) is 2.31. The van der Waals surface area contributed by atoms with Gasteiger partial charge in [-0.25, -0.2) is 18.5 Å². The van der Waals surface area contributed by atoms with E-state index in [0.29, 0.717) is 24.2 Å². The van der Waals surface area contributed by atoms with Crippen LogP contribution in [0.4, 0.5) is 19.3 Å². The summed E-state index contributed by atoms with van der Waals surface area (Å²) in [4.78, 5) is 36.5. The normalized spacial score (nSPS) is 20.9. The van der Waals surface area contributed by atoms with Gasteiger partial charge in [-0.15, -0.1) is 0 Å². The largest absolute Gasteiger partial charge is 0.335 e. The Morgan fingerprint density at radius 3 is 2.45 bits per heavy atom. The van der Waals surface area contributed by atoms with E-state index in [9.17, 15) is 23.2 Å². The van der Waals surface area contributed by atoms with Gasteiger partial charge in [0.05, 0.1) is 5.69 Å². The van der Waals surface area contributed by atoms with Crippen molar-refractivity contribution in [2.45, 2.75) is 19.3 Å².